The highest BCUT2D eigenvalue weighted by atomic mass is 79.9. The Morgan fingerprint density at radius 2 is 1.77 bits per heavy atom. The monoisotopic (exact) mass is 305 g/mol. The van der Waals surface area contributed by atoms with Crippen molar-refractivity contribution in [2.24, 2.45) is 0 Å². The smallest absolute Gasteiger partial charge is 0.0206 e. The quantitative estimate of drug-likeness (QED) is 0.836. The Morgan fingerprint density at radius 1 is 1.15 bits per heavy atom. The van der Waals surface area contributed by atoms with E-state index in [0.29, 0.717) is 0 Å². The van der Waals surface area contributed by atoms with Gasteiger partial charge in [-0.05, 0) is 36.7 Å². The van der Waals surface area contributed by atoms with Gasteiger partial charge in [0.25, 0.3) is 0 Å². The molecule has 1 aromatic rings. The van der Waals surface area contributed by atoms with Gasteiger partial charge in [-0.15, -0.1) is 0 Å². The molecule has 0 amide bonds. The van der Waals surface area contributed by atoms with Gasteiger partial charge in [0.2, 0.25) is 0 Å². The van der Waals surface area contributed by atoms with Crippen molar-refractivity contribution in [2.45, 2.75) is 19.9 Å². The molecule has 0 saturated carbocycles. The molecule has 0 aliphatic heterocycles. The van der Waals surface area contributed by atoms with E-state index in [1.54, 1.807) is 0 Å². The van der Waals surface area contributed by atoms with Gasteiger partial charge in [-0.3, -0.25) is 0 Å². The molecular formula is C10H13Br2N. The van der Waals surface area contributed by atoms with Crippen LogP contribution in [-0.2, 0) is 6.54 Å². The maximum atomic E-state index is 3.46. The van der Waals surface area contributed by atoms with Crippen LogP contribution in [-0.4, -0.2) is 6.54 Å². The Morgan fingerprint density at radius 3 is 2.31 bits per heavy atom. The van der Waals surface area contributed by atoms with Crippen molar-refractivity contribution in [1.82, 2.24) is 5.32 Å². The number of hydrogen-bond acceptors (Lipinski definition) is 1. The Labute approximate surface area is 96.2 Å². The number of halogens is 2. The van der Waals surface area contributed by atoms with E-state index in [1.165, 1.54) is 12.0 Å². The van der Waals surface area contributed by atoms with Gasteiger partial charge in [0.05, 0.1) is 0 Å². The van der Waals surface area contributed by atoms with Crippen LogP contribution in [0, 0.1) is 0 Å². The molecule has 13 heavy (non-hydrogen) atoms. The lowest BCUT2D eigenvalue weighted by molar-refractivity contribution is 0.675. The van der Waals surface area contributed by atoms with E-state index in [1.807, 2.05) is 6.07 Å². The van der Waals surface area contributed by atoms with Crippen LogP contribution in [0.2, 0.25) is 0 Å². The van der Waals surface area contributed by atoms with Gasteiger partial charge in [0.1, 0.15) is 0 Å². The lowest BCUT2D eigenvalue weighted by Crippen LogP contribution is -2.13. The topological polar surface area (TPSA) is 12.0 Å². The number of benzene rings is 1. The van der Waals surface area contributed by atoms with E-state index in [0.717, 1.165) is 22.0 Å². The first kappa shape index (κ1) is 11.2. The number of nitrogens with one attached hydrogen (secondary N) is 1. The summed E-state index contributed by atoms with van der Waals surface area (Å²) in [6.45, 7) is 4.18. The van der Waals surface area contributed by atoms with Gasteiger partial charge >= 0.3 is 0 Å². The van der Waals surface area contributed by atoms with E-state index < -0.39 is 0 Å². The van der Waals surface area contributed by atoms with Crippen LogP contribution in [0.3, 0.4) is 0 Å². The van der Waals surface area contributed by atoms with Gasteiger partial charge in [0, 0.05) is 15.5 Å². The first-order chi connectivity index (χ1) is 6.22. The maximum Gasteiger partial charge on any atom is 0.0206 e. The fourth-order valence-electron chi connectivity index (χ4n) is 1.12. The van der Waals surface area contributed by atoms with E-state index in [-0.39, 0.29) is 0 Å². The summed E-state index contributed by atoms with van der Waals surface area (Å²) in [5, 5.41) is 3.36. The minimum atomic E-state index is 0.936. The zero-order chi connectivity index (χ0) is 9.68. The Balaban J connectivity index is 2.56. The molecule has 0 aromatic heterocycles. The lowest BCUT2D eigenvalue weighted by atomic mass is 10.2. The van der Waals surface area contributed by atoms with Crippen LogP contribution in [0.4, 0.5) is 0 Å². The zero-order valence-corrected chi connectivity index (χ0v) is 10.8. The molecule has 1 nitrogen and oxygen atoms in total. The summed E-state index contributed by atoms with van der Waals surface area (Å²) in [5.41, 5.74) is 1.30. The molecular weight excluding hydrogens is 294 g/mol. The third-order valence-corrected chi connectivity index (χ3v) is 2.59. The van der Waals surface area contributed by atoms with Gasteiger partial charge in [-0.1, -0.05) is 38.8 Å². The minimum Gasteiger partial charge on any atom is -0.313 e. The largest absolute Gasteiger partial charge is 0.313 e. The van der Waals surface area contributed by atoms with Crippen molar-refractivity contribution in [3.63, 3.8) is 0 Å². The second-order valence-electron chi connectivity index (χ2n) is 2.95. The molecule has 0 unspecified atom stereocenters. The predicted molar refractivity (Wildman–Crippen MR) is 63.8 cm³/mol. The minimum absolute atomic E-state index is 0.936. The fraction of sp³-hybridized carbons (Fsp3) is 0.400. The van der Waals surface area contributed by atoms with E-state index in [2.05, 4.69) is 56.2 Å². The molecule has 1 aromatic carbocycles. The summed E-state index contributed by atoms with van der Waals surface area (Å²) < 4.78 is 2.24. The Kier molecular flexibility index (Phi) is 4.99. The van der Waals surface area contributed by atoms with Crippen LogP contribution in [0.15, 0.2) is 27.1 Å². The summed E-state index contributed by atoms with van der Waals surface area (Å²) in [5.74, 6) is 0. The van der Waals surface area contributed by atoms with Crippen molar-refractivity contribution in [1.29, 1.82) is 0 Å². The highest BCUT2D eigenvalue weighted by molar-refractivity contribution is 9.11. The summed E-state index contributed by atoms with van der Waals surface area (Å²) in [6.07, 6.45) is 1.18. The normalized spacial score (nSPS) is 10.4. The molecule has 0 atom stereocenters. The summed E-state index contributed by atoms with van der Waals surface area (Å²) >= 11 is 6.93. The SMILES string of the molecule is CCCNCc1cc(Br)cc(Br)c1. The third-order valence-electron chi connectivity index (χ3n) is 1.68. The summed E-state index contributed by atoms with van der Waals surface area (Å²) in [7, 11) is 0. The highest BCUT2D eigenvalue weighted by Gasteiger charge is 1.96. The van der Waals surface area contributed by atoms with Crippen LogP contribution >= 0.6 is 31.9 Å². The number of rotatable bonds is 4. The highest BCUT2D eigenvalue weighted by Crippen LogP contribution is 2.19. The van der Waals surface area contributed by atoms with Crippen LogP contribution in [0.1, 0.15) is 18.9 Å². The summed E-state index contributed by atoms with van der Waals surface area (Å²) in [4.78, 5) is 0. The molecule has 1 N–H and O–H groups in total. The first-order valence-electron chi connectivity index (χ1n) is 4.38. The molecule has 0 heterocycles. The molecule has 0 spiro atoms. The maximum absolute atomic E-state index is 3.46. The third kappa shape index (κ3) is 4.25. The lowest BCUT2D eigenvalue weighted by Gasteiger charge is -2.04. The predicted octanol–water partition coefficient (Wildman–Crippen LogP) is 3.71. The van der Waals surface area contributed by atoms with Crippen molar-refractivity contribution >= 4 is 31.9 Å². The average molecular weight is 307 g/mol. The van der Waals surface area contributed by atoms with E-state index in [4.69, 9.17) is 0 Å². The van der Waals surface area contributed by atoms with Gasteiger partial charge in [-0.25, -0.2) is 0 Å². The average Bonchev–Trinajstić information content (AvgIpc) is 2.03. The van der Waals surface area contributed by atoms with Gasteiger partial charge in [0.15, 0.2) is 0 Å². The molecule has 0 aliphatic rings. The van der Waals surface area contributed by atoms with Gasteiger partial charge in [-0.2, -0.15) is 0 Å². The Bertz CT molecular complexity index is 253. The van der Waals surface area contributed by atoms with Crippen molar-refractivity contribution in [3.8, 4) is 0 Å². The Hall–Kier alpha value is 0.140. The molecule has 72 valence electrons. The first-order valence-corrected chi connectivity index (χ1v) is 5.96. The molecule has 0 aliphatic carbocycles. The van der Waals surface area contributed by atoms with Crippen molar-refractivity contribution in [2.75, 3.05) is 6.54 Å². The van der Waals surface area contributed by atoms with Crippen LogP contribution in [0.25, 0.3) is 0 Å². The standard InChI is InChI=1S/C10H13Br2N/c1-2-3-13-7-8-4-9(11)6-10(12)5-8/h4-6,13H,2-3,7H2,1H3. The molecule has 0 saturated heterocycles. The molecule has 0 fully saturated rings. The van der Waals surface area contributed by atoms with Gasteiger partial charge < -0.3 is 5.32 Å². The van der Waals surface area contributed by atoms with Crippen molar-refractivity contribution < 1.29 is 0 Å². The van der Waals surface area contributed by atoms with Crippen LogP contribution in [0.5, 0.6) is 0 Å². The zero-order valence-electron chi connectivity index (χ0n) is 7.61. The fourth-order valence-corrected chi connectivity index (χ4v) is 2.51. The van der Waals surface area contributed by atoms with E-state index in [9.17, 15) is 0 Å². The molecule has 1 rings (SSSR count). The summed E-state index contributed by atoms with van der Waals surface area (Å²) in [6, 6.07) is 6.31. The van der Waals surface area contributed by atoms with Crippen LogP contribution < -0.4 is 5.32 Å². The number of hydrogen-bond donors (Lipinski definition) is 1. The second-order valence-corrected chi connectivity index (χ2v) is 4.79. The van der Waals surface area contributed by atoms with Crippen molar-refractivity contribution in [3.05, 3.63) is 32.7 Å². The van der Waals surface area contributed by atoms with E-state index >= 15 is 0 Å². The molecule has 3 heteroatoms. The molecule has 0 radical (unpaired) electrons. The molecule has 0 bridgehead atoms. The second kappa shape index (κ2) is 5.78.